The van der Waals surface area contributed by atoms with Crippen molar-refractivity contribution in [2.24, 2.45) is 5.41 Å². The van der Waals surface area contributed by atoms with E-state index in [1.165, 1.54) is 0 Å². The first kappa shape index (κ1) is 20.6. The number of hydrogen-bond acceptors (Lipinski definition) is 4. The quantitative estimate of drug-likeness (QED) is 0.328. The van der Waals surface area contributed by atoms with Gasteiger partial charge < -0.3 is 14.8 Å². The zero-order valence-corrected chi connectivity index (χ0v) is 16.7. The number of ether oxygens (including phenoxy) is 1. The summed E-state index contributed by atoms with van der Waals surface area (Å²) in [4.78, 5) is 40.7. The molecule has 3 rings (SSSR count). The van der Waals surface area contributed by atoms with Gasteiger partial charge in [-0.25, -0.2) is 0 Å². The van der Waals surface area contributed by atoms with Crippen LogP contribution in [0.1, 0.15) is 42.7 Å². The van der Waals surface area contributed by atoms with Crippen LogP contribution in [0.2, 0.25) is 5.02 Å². The molecule has 0 aliphatic carbocycles. The van der Waals surface area contributed by atoms with Crippen LogP contribution in [0.15, 0.2) is 48.5 Å². The molecule has 0 saturated carbocycles. The number of aromatic nitrogens is 1. The molecule has 0 fully saturated rings. The van der Waals surface area contributed by atoms with Crippen molar-refractivity contribution in [1.82, 2.24) is 4.98 Å². The third kappa shape index (κ3) is 3.63. The molecule has 0 amide bonds. The Balaban J connectivity index is 2.14. The molecule has 7 heteroatoms. The van der Waals surface area contributed by atoms with E-state index in [1.54, 1.807) is 62.4 Å². The van der Waals surface area contributed by atoms with Crippen molar-refractivity contribution >= 4 is 40.2 Å². The van der Waals surface area contributed by atoms with E-state index in [9.17, 15) is 19.5 Å². The maximum absolute atomic E-state index is 13.1. The van der Waals surface area contributed by atoms with Gasteiger partial charge in [0.05, 0.1) is 5.52 Å². The number of ketones is 1. The van der Waals surface area contributed by atoms with E-state index < -0.39 is 17.4 Å². The number of H-pyrrole nitrogens is 1. The van der Waals surface area contributed by atoms with Crippen LogP contribution in [0.25, 0.3) is 10.9 Å². The van der Waals surface area contributed by atoms with Crippen LogP contribution in [0, 0.1) is 5.41 Å². The van der Waals surface area contributed by atoms with Gasteiger partial charge in [-0.2, -0.15) is 0 Å². The SMILES string of the molecule is CCC(CC)(C(=O)O)C(=O)Oc1c(C(=O)c2ccccc2)[nH]c2cc(Cl)ccc12. The zero-order chi connectivity index (χ0) is 21.2. The van der Waals surface area contributed by atoms with Gasteiger partial charge in [-0.15, -0.1) is 0 Å². The van der Waals surface area contributed by atoms with Crippen LogP contribution in [0.5, 0.6) is 5.75 Å². The maximum Gasteiger partial charge on any atom is 0.328 e. The van der Waals surface area contributed by atoms with E-state index in [1.807, 2.05) is 0 Å². The molecule has 150 valence electrons. The molecule has 6 nitrogen and oxygen atoms in total. The summed E-state index contributed by atoms with van der Waals surface area (Å²) in [6.45, 7) is 3.23. The first-order valence-corrected chi connectivity index (χ1v) is 9.58. The maximum atomic E-state index is 13.1. The average Bonchev–Trinajstić information content (AvgIpc) is 3.06. The van der Waals surface area contributed by atoms with Crippen molar-refractivity contribution in [3.63, 3.8) is 0 Å². The molecular weight excluding hydrogens is 394 g/mol. The molecule has 2 aromatic carbocycles. The molecule has 0 atom stereocenters. The topological polar surface area (TPSA) is 96.5 Å². The summed E-state index contributed by atoms with van der Waals surface area (Å²) in [6, 6.07) is 13.4. The lowest BCUT2D eigenvalue weighted by Crippen LogP contribution is -2.41. The number of carboxylic acids is 1. The molecule has 0 unspecified atom stereocenters. The summed E-state index contributed by atoms with van der Waals surface area (Å²) in [5, 5.41) is 10.5. The highest BCUT2D eigenvalue weighted by molar-refractivity contribution is 6.31. The van der Waals surface area contributed by atoms with Gasteiger partial charge in [0.1, 0.15) is 5.69 Å². The predicted octanol–water partition coefficient (Wildman–Crippen LogP) is 4.85. The molecule has 0 saturated heterocycles. The largest absolute Gasteiger partial charge is 0.480 e. The molecule has 0 spiro atoms. The van der Waals surface area contributed by atoms with Crippen molar-refractivity contribution in [2.75, 3.05) is 0 Å². The molecular formula is C22H20ClNO5. The van der Waals surface area contributed by atoms with Crippen molar-refractivity contribution in [3.05, 3.63) is 64.8 Å². The third-order valence-corrected chi connectivity index (χ3v) is 5.41. The van der Waals surface area contributed by atoms with Crippen LogP contribution < -0.4 is 4.74 Å². The number of halogens is 1. The molecule has 0 bridgehead atoms. The Hall–Kier alpha value is -3.12. The van der Waals surface area contributed by atoms with E-state index in [2.05, 4.69) is 4.98 Å². The van der Waals surface area contributed by atoms with Gasteiger partial charge in [-0.1, -0.05) is 55.8 Å². The number of fused-ring (bicyclic) bond motifs is 1. The molecule has 0 radical (unpaired) electrons. The number of rotatable bonds is 7. The minimum absolute atomic E-state index is 0.00282. The highest BCUT2D eigenvalue weighted by Gasteiger charge is 2.45. The molecule has 2 N–H and O–H groups in total. The normalized spacial score (nSPS) is 11.4. The van der Waals surface area contributed by atoms with Gasteiger partial charge in [-0.05, 0) is 31.0 Å². The van der Waals surface area contributed by atoms with Gasteiger partial charge in [0.15, 0.2) is 11.2 Å². The first-order chi connectivity index (χ1) is 13.8. The number of hydrogen-bond donors (Lipinski definition) is 2. The standard InChI is InChI=1S/C22H20ClNO5/c1-3-22(4-2,20(26)27)21(28)29-19-15-11-10-14(23)12-16(15)24-17(19)18(25)13-8-6-5-7-9-13/h5-12,24H,3-4H2,1-2H3,(H,26,27). The van der Waals surface area contributed by atoms with Gasteiger partial charge in [0, 0.05) is 16.0 Å². The second-order valence-electron chi connectivity index (χ2n) is 6.70. The van der Waals surface area contributed by atoms with E-state index in [4.69, 9.17) is 16.3 Å². The number of carbonyl (C=O) groups excluding carboxylic acids is 2. The van der Waals surface area contributed by atoms with Crippen LogP contribution >= 0.6 is 11.6 Å². The summed E-state index contributed by atoms with van der Waals surface area (Å²) in [5.74, 6) is -2.54. The fourth-order valence-corrected chi connectivity index (χ4v) is 3.43. The Morgan fingerprint density at radius 1 is 1.07 bits per heavy atom. The molecule has 29 heavy (non-hydrogen) atoms. The van der Waals surface area contributed by atoms with Crippen molar-refractivity contribution in [3.8, 4) is 5.75 Å². The van der Waals surface area contributed by atoms with E-state index in [0.717, 1.165) is 0 Å². The molecule has 3 aromatic rings. The Morgan fingerprint density at radius 3 is 2.31 bits per heavy atom. The van der Waals surface area contributed by atoms with Gasteiger partial charge in [0.25, 0.3) is 0 Å². The Kier molecular flexibility index (Phi) is 5.75. The summed E-state index contributed by atoms with van der Waals surface area (Å²) < 4.78 is 5.57. The van der Waals surface area contributed by atoms with Crippen molar-refractivity contribution < 1.29 is 24.2 Å². The Labute approximate surface area is 172 Å². The second kappa shape index (κ2) is 8.09. The number of aliphatic carboxylic acids is 1. The molecule has 0 aliphatic heterocycles. The Morgan fingerprint density at radius 2 is 1.72 bits per heavy atom. The van der Waals surface area contributed by atoms with Crippen LogP contribution in [0.3, 0.4) is 0 Å². The van der Waals surface area contributed by atoms with E-state index >= 15 is 0 Å². The van der Waals surface area contributed by atoms with E-state index in [-0.39, 0.29) is 30.1 Å². The fraction of sp³-hybridized carbons (Fsp3) is 0.227. The van der Waals surface area contributed by atoms with Crippen molar-refractivity contribution in [1.29, 1.82) is 0 Å². The smallest absolute Gasteiger partial charge is 0.328 e. The van der Waals surface area contributed by atoms with Crippen LogP contribution in [-0.4, -0.2) is 27.8 Å². The molecule has 1 heterocycles. The van der Waals surface area contributed by atoms with Crippen LogP contribution in [0.4, 0.5) is 0 Å². The number of carboxylic acid groups (broad SMARTS) is 1. The number of benzene rings is 2. The number of carbonyl (C=O) groups is 3. The zero-order valence-electron chi connectivity index (χ0n) is 16.0. The highest BCUT2D eigenvalue weighted by atomic mass is 35.5. The summed E-state index contributed by atoms with van der Waals surface area (Å²) in [5.41, 5.74) is -0.719. The van der Waals surface area contributed by atoms with Crippen molar-refractivity contribution in [2.45, 2.75) is 26.7 Å². The minimum Gasteiger partial charge on any atom is -0.480 e. The van der Waals surface area contributed by atoms with Crippen LogP contribution in [-0.2, 0) is 9.59 Å². The average molecular weight is 414 g/mol. The fourth-order valence-electron chi connectivity index (χ4n) is 3.26. The highest BCUT2D eigenvalue weighted by Crippen LogP contribution is 2.36. The van der Waals surface area contributed by atoms with E-state index in [0.29, 0.717) is 21.5 Å². The van der Waals surface area contributed by atoms with Gasteiger partial charge >= 0.3 is 11.9 Å². The summed E-state index contributed by atoms with van der Waals surface area (Å²) >= 11 is 6.05. The lowest BCUT2D eigenvalue weighted by atomic mass is 9.82. The third-order valence-electron chi connectivity index (χ3n) is 5.18. The van der Waals surface area contributed by atoms with Gasteiger partial charge in [0.2, 0.25) is 5.78 Å². The summed E-state index contributed by atoms with van der Waals surface area (Å²) in [6.07, 6.45) is 0.127. The number of nitrogens with one attached hydrogen (secondary N) is 1. The summed E-state index contributed by atoms with van der Waals surface area (Å²) in [7, 11) is 0. The lowest BCUT2D eigenvalue weighted by Gasteiger charge is -2.24. The molecule has 1 aromatic heterocycles. The monoisotopic (exact) mass is 413 g/mol. The number of aromatic amines is 1. The second-order valence-corrected chi connectivity index (χ2v) is 7.13. The first-order valence-electron chi connectivity index (χ1n) is 9.20. The molecule has 0 aliphatic rings. The van der Waals surface area contributed by atoms with Gasteiger partial charge in [-0.3, -0.25) is 14.4 Å². The number of esters is 1. The minimum atomic E-state index is -1.69. The lowest BCUT2D eigenvalue weighted by molar-refractivity contribution is -0.163. The predicted molar refractivity (Wildman–Crippen MR) is 109 cm³/mol. The Bertz CT molecular complexity index is 1080.